The second-order valence-corrected chi connectivity index (χ2v) is 4.38. The Labute approximate surface area is 103 Å². The van der Waals surface area contributed by atoms with E-state index in [4.69, 9.17) is 10.9 Å². The summed E-state index contributed by atoms with van der Waals surface area (Å²) in [5.41, 5.74) is 5.26. The molecule has 0 aliphatic heterocycles. The number of carbonyl (C=O) groups is 2. The van der Waals surface area contributed by atoms with E-state index in [1.807, 2.05) is 0 Å². The van der Waals surface area contributed by atoms with Crippen LogP contribution in [-0.2, 0) is 5.67 Å². The Morgan fingerprint density at radius 1 is 1.33 bits per heavy atom. The number of hydrogen-bond acceptors (Lipinski definition) is 3. The van der Waals surface area contributed by atoms with Crippen molar-refractivity contribution in [1.82, 2.24) is 5.48 Å². The molecule has 1 aromatic rings. The van der Waals surface area contributed by atoms with Crippen molar-refractivity contribution in [3.63, 3.8) is 0 Å². The van der Waals surface area contributed by atoms with Crippen LogP contribution < -0.4 is 11.2 Å². The first-order valence-electron chi connectivity index (χ1n) is 5.55. The molecule has 1 aliphatic rings. The zero-order valence-corrected chi connectivity index (χ0v) is 9.57. The molecule has 1 aliphatic carbocycles. The summed E-state index contributed by atoms with van der Waals surface area (Å²) < 4.78 is 14.2. The molecule has 0 saturated heterocycles. The van der Waals surface area contributed by atoms with E-state index in [1.165, 1.54) is 23.7 Å². The number of primary amides is 1. The third-order valence-corrected chi connectivity index (χ3v) is 3.29. The van der Waals surface area contributed by atoms with Gasteiger partial charge in [0.05, 0.1) is 11.1 Å². The summed E-state index contributed by atoms with van der Waals surface area (Å²) in [7, 11) is 0. The van der Waals surface area contributed by atoms with Crippen LogP contribution in [0.15, 0.2) is 18.2 Å². The molecule has 1 saturated carbocycles. The normalized spacial score (nSPS) is 16.8. The zero-order chi connectivity index (χ0) is 13.3. The third-order valence-electron chi connectivity index (χ3n) is 3.29. The fraction of sp³-hybridized carbons (Fsp3) is 0.333. The molecular weight excluding hydrogens is 239 g/mol. The molecule has 6 heteroatoms. The van der Waals surface area contributed by atoms with Gasteiger partial charge in [-0.3, -0.25) is 14.8 Å². The largest absolute Gasteiger partial charge is 0.366 e. The van der Waals surface area contributed by atoms with E-state index < -0.39 is 17.5 Å². The van der Waals surface area contributed by atoms with Crippen LogP contribution in [0.4, 0.5) is 4.39 Å². The average molecular weight is 252 g/mol. The van der Waals surface area contributed by atoms with Gasteiger partial charge in [-0.1, -0.05) is 6.07 Å². The Kier molecular flexibility index (Phi) is 3.04. The number of carbonyl (C=O) groups excluding carboxylic acids is 2. The van der Waals surface area contributed by atoms with Crippen LogP contribution in [0, 0.1) is 0 Å². The highest BCUT2D eigenvalue weighted by Gasteiger charge is 2.39. The van der Waals surface area contributed by atoms with Crippen LogP contribution in [0.1, 0.15) is 45.5 Å². The monoisotopic (exact) mass is 252 g/mol. The summed E-state index contributed by atoms with van der Waals surface area (Å²) >= 11 is 0. The minimum atomic E-state index is -1.44. The molecule has 1 fully saturated rings. The molecule has 0 heterocycles. The number of alkyl halides is 1. The Hall–Kier alpha value is -1.95. The quantitative estimate of drug-likeness (QED) is 0.558. The molecule has 96 valence electrons. The average Bonchev–Trinajstić information content (AvgIpc) is 2.34. The number of rotatable bonds is 3. The molecule has 0 aromatic heterocycles. The predicted octanol–water partition coefficient (Wildman–Crippen LogP) is 1.25. The standard InChI is InChI=1S/C12H13FN2O3/c13-12(4-1-5-12)7-2-3-8(10(14)16)9(6-7)11(17)15-18/h2-3,6,18H,1,4-5H2,(H2,14,16)(H,15,17). The minimum Gasteiger partial charge on any atom is -0.366 e. The smallest absolute Gasteiger partial charge is 0.275 e. The molecule has 1 aromatic carbocycles. The van der Waals surface area contributed by atoms with Crippen molar-refractivity contribution in [1.29, 1.82) is 0 Å². The number of nitrogens with two attached hydrogens (primary N) is 1. The van der Waals surface area contributed by atoms with Gasteiger partial charge >= 0.3 is 0 Å². The first-order valence-corrected chi connectivity index (χ1v) is 5.55. The molecule has 18 heavy (non-hydrogen) atoms. The number of nitrogens with one attached hydrogen (secondary N) is 1. The van der Waals surface area contributed by atoms with Crippen molar-refractivity contribution < 1.29 is 19.2 Å². The van der Waals surface area contributed by atoms with Crippen molar-refractivity contribution in [3.05, 3.63) is 34.9 Å². The predicted molar refractivity (Wildman–Crippen MR) is 60.8 cm³/mol. The molecule has 2 amide bonds. The number of halogens is 1. The fourth-order valence-corrected chi connectivity index (χ4v) is 2.06. The van der Waals surface area contributed by atoms with Gasteiger partial charge in [0.2, 0.25) is 5.91 Å². The van der Waals surface area contributed by atoms with Gasteiger partial charge in [-0.05, 0) is 37.0 Å². The zero-order valence-electron chi connectivity index (χ0n) is 9.57. The van der Waals surface area contributed by atoms with Crippen molar-refractivity contribution >= 4 is 11.8 Å². The summed E-state index contributed by atoms with van der Waals surface area (Å²) in [6, 6.07) is 4.03. The van der Waals surface area contributed by atoms with Crippen LogP contribution in [0.2, 0.25) is 0 Å². The number of amides is 2. The molecule has 2 rings (SSSR count). The molecule has 5 nitrogen and oxygen atoms in total. The van der Waals surface area contributed by atoms with E-state index in [9.17, 15) is 14.0 Å². The molecular formula is C12H13FN2O3. The number of hydrogen-bond donors (Lipinski definition) is 3. The van der Waals surface area contributed by atoms with Crippen molar-refractivity contribution in [3.8, 4) is 0 Å². The van der Waals surface area contributed by atoms with E-state index in [1.54, 1.807) is 0 Å². The van der Waals surface area contributed by atoms with Gasteiger partial charge in [-0.2, -0.15) is 0 Å². The maximum atomic E-state index is 14.2. The highest BCUT2D eigenvalue weighted by molar-refractivity contribution is 6.06. The van der Waals surface area contributed by atoms with Crippen molar-refractivity contribution in [2.45, 2.75) is 24.9 Å². The maximum Gasteiger partial charge on any atom is 0.275 e. The first kappa shape index (κ1) is 12.5. The maximum absolute atomic E-state index is 14.2. The van der Waals surface area contributed by atoms with Gasteiger partial charge in [0.25, 0.3) is 5.91 Å². The van der Waals surface area contributed by atoms with E-state index in [-0.39, 0.29) is 11.1 Å². The summed E-state index contributed by atoms with van der Waals surface area (Å²) in [6.07, 6.45) is 1.57. The summed E-state index contributed by atoms with van der Waals surface area (Å²) in [4.78, 5) is 22.6. The van der Waals surface area contributed by atoms with Crippen LogP contribution in [0.3, 0.4) is 0 Å². The Bertz CT molecular complexity index is 512. The van der Waals surface area contributed by atoms with E-state index in [0.29, 0.717) is 18.4 Å². The third kappa shape index (κ3) is 1.95. The molecule has 0 unspecified atom stereocenters. The SMILES string of the molecule is NC(=O)c1ccc(C2(F)CCC2)cc1C(=O)NO. The minimum absolute atomic E-state index is 0.0479. The summed E-state index contributed by atoms with van der Waals surface area (Å²) in [5.74, 6) is -1.68. The van der Waals surface area contributed by atoms with Crippen LogP contribution >= 0.6 is 0 Å². The molecule has 4 N–H and O–H groups in total. The number of benzene rings is 1. The van der Waals surface area contributed by atoms with Crippen molar-refractivity contribution in [2.24, 2.45) is 5.73 Å². The van der Waals surface area contributed by atoms with Crippen LogP contribution in [0.5, 0.6) is 0 Å². The van der Waals surface area contributed by atoms with Gasteiger partial charge in [-0.15, -0.1) is 0 Å². The second kappa shape index (κ2) is 4.38. The Morgan fingerprint density at radius 3 is 2.44 bits per heavy atom. The first-order chi connectivity index (χ1) is 8.48. The lowest BCUT2D eigenvalue weighted by molar-refractivity contribution is 0.0603. The lowest BCUT2D eigenvalue weighted by Crippen LogP contribution is -2.30. The molecule has 0 radical (unpaired) electrons. The second-order valence-electron chi connectivity index (χ2n) is 4.38. The molecule has 0 atom stereocenters. The Balaban J connectivity index is 2.48. The van der Waals surface area contributed by atoms with Gasteiger partial charge in [0.15, 0.2) is 0 Å². The van der Waals surface area contributed by atoms with Gasteiger partial charge in [-0.25, -0.2) is 9.87 Å². The molecule has 0 spiro atoms. The number of hydroxylamine groups is 1. The van der Waals surface area contributed by atoms with E-state index >= 15 is 0 Å². The van der Waals surface area contributed by atoms with Crippen LogP contribution in [-0.4, -0.2) is 17.0 Å². The summed E-state index contributed by atoms with van der Waals surface area (Å²) in [6.45, 7) is 0. The van der Waals surface area contributed by atoms with Crippen molar-refractivity contribution in [2.75, 3.05) is 0 Å². The summed E-state index contributed by atoms with van der Waals surface area (Å²) in [5, 5.41) is 8.61. The highest BCUT2D eigenvalue weighted by atomic mass is 19.1. The highest BCUT2D eigenvalue weighted by Crippen LogP contribution is 2.45. The van der Waals surface area contributed by atoms with E-state index in [2.05, 4.69) is 0 Å². The lowest BCUT2D eigenvalue weighted by atomic mass is 9.76. The lowest BCUT2D eigenvalue weighted by Gasteiger charge is -2.34. The van der Waals surface area contributed by atoms with Crippen LogP contribution in [0.25, 0.3) is 0 Å². The fourth-order valence-electron chi connectivity index (χ4n) is 2.06. The van der Waals surface area contributed by atoms with Gasteiger partial charge in [0.1, 0.15) is 5.67 Å². The van der Waals surface area contributed by atoms with Gasteiger partial charge < -0.3 is 5.73 Å². The Morgan fingerprint density at radius 2 is 2.00 bits per heavy atom. The molecule has 0 bridgehead atoms. The topological polar surface area (TPSA) is 92.4 Å². The van der Waals surface area contributed by atoms with E-state index in [0.717, 1.165) is 6.42 Å². The van der Waals surface area contributed by atoms with Gasteiger partial charge in [0, 0.05) is 0 Å².